The molecule has 0 radical (unpaired) electrons. The first-order chi connectivity index (χ1) is 27.7. The number of amides is 7. The lowest BCUT2D eigenvalue weighted by Gasteiger charge is -2.31. The Kier molecular flexibility index (Phi) is 20.5. The summed E-state index contributed by atoms with van der Waals surface area (Å²) in [6.45, 7) is 8.02. The molecular weight excluding hydrogens is 898 g/mol. The second-order valence-electron chi connectivity index (χ2n) is 14.2. The van der Waals surface area contributed by atoms with E-state index < -0.39 is 102 Å². The molecule has 1 aromatic carbocycles. The zero-order valence-corrected chi connectivity index (χ0v) is 36.4. The fourth-order valence-electron chi connectivity index (χ4n) is 5.40. The average molecular weight is 950 g/mol. The zero-order valence-electron chi connectivity index (χ0n) is 33.2. The minimum Gasteiger partial charge on any atom is -0.506 e. The molecule has 1 aliphatic heterocycles. The van der Waals surface area contributed by atoms with Crippen LogP contribution in [0.3, 0.4) is 0 Å². The lowest BCUT2D eigenvalue weighted by Crippen LogP contribution is -2.62. The first kappa shape index (κ1) is 49.6. The van der Waals surface area contributed by atoms with E-state index in [4.69, 9.17) is 16.2 Å². The number of rotatable bonds is 14. The fourth-order valence-corrected chi connectivity index (χ4v) is 6.62. The highest BCUT2D eigenvalue weighted by Crippen LogP contribution is 2.33. The Morgan fingerprint density at radius 1 is 0.746 bits per heavy atom. The number of ether oxygens (including phenoxy) is 1. The van der Waals surface area contributed by atoms with Crippen LogP contribution < -0.4 is 38.1 Å². The minimum atomic E-state index is -1.65. The number of phenolic OH excluding ortho intramolecular Hbond substituents is 1. The third kappa shape index (κ3) is 17.4. The summed E-state index contributed by atoms with van der Waals surface area (Å²) in [5.74, 6) is -8.38. The monoisotopic (exact) mass is 947 g/mol. The van der Waals surface area contributed by atoms with Gasteiger partial charge in [0.2, 0.25) is 41.4 Å². The SMILES string of the molecule is CC(C)C[C@@H]1NC(=O)[C@H](CC(N)=O)NC(=O)[C@H](CC(N)=O)NC(=O)[C@H](C(C)C)NC(=O)[C@@H](NC(=O)/C=C/C=C/C=C/C=C/C=C/c2cc(Br)c(O)c(Br)c2)[C@@H](C)OC1=O. The van der Waals surface area contributed by atoms with Gasteiger partial charge in [-0.3, -0.25) is 33.6 Å². The normalized spacial score (nSPS) is 22.9. The van der Waals surface area contributed by atoms with Crippen molar-refractivity contribution in [2.45, 2.75) is 90.2 Å². The number of hydrogen-bond acceptors (Lipinski definition) is 10. The molecule has 7 amide bonds. The maximum atomic E-state index is 13.8. The molecule has 1 aromatic rings. The number of carbonyl (C=O) groups is 8. The van der Waals surface area contributed by atoms with Gasteiger partial charge in [0.05, 0.1) is 21.8 Å². The molecule has 6 atom stereocenters. The lowest BCUT2D eigenvalue weighted by molar-refractivity contribution is -0.156. The smallest absolute Gasteiger partial charge is 0.328 e. The number of hydrogen-bond donors (Lipinski definition) is 8. The molecule has 0 bridgehead atoms. The maximum Gasteiger partial charge on any atom is 0.328 e. The van der Waals surface area contributed by atoms with Crippen LogP contribution in [0, 0.1) is 11.8 Å². The van der Waals surface area contributed by atoms with Crippen molar-refractivity contribution in [3.8, 4) is 5.75 Å². The molecule has 1 fully saturated rings. The van der Waals surface area contributed by atoms with Gasteiger partial charge in [-0.25, -0.2) is 4.79 Å². The number of esters is 1. The van der Waals surface area contributed by atoms with Crippen molar-refractivity contribution in [1.29, 1.82) is 0 Å². The molecule has 19 heteroatoms. The van der Waals surface area contributed by atoms with E-state index >= 15 is 0 Å². The minimum absolute atomic E-state index is 0.0274. The number of aromatic hydroxyl groups is 1. The number of phenols is 1. The van der Waals surface area contributed by atoms with Crippen molar-refractivity contribution in [2.75, 3.05) is 0 Å². The van der Waals surface area contributed by atoms with Gasteiger partial charge in [0.15, 0.2) is 0 Å². The largest absolute Gasteiger partial charge is 0.506 e. The fraction of sp³-hybridized carbons (Fsp3) is 0.400. The summed E-state index contributed by atoms with van der Waals surface area (Å²) >= 11 is 6.58. The van der Waals surface area contributed by atoms with Gasteiger partial charge in [0.25, 0.3) is 0 Å². The molecule has 0 saturated carbocycles. The summed E-state index contributed by atoms with van der Waals surface area (Å²) < 4.78 is 6.73. The number of nitrogens with one attached hydrogen (secondary N) is 5. The highest BCUT2D eigenvalue weighted by Gasteiger charge is 2.38. The number of allylic oxidation sites excluding steroid dienone is 8. The van der Waals surface area contributed by atoms with E-state index in [-0.39, 0.29) is 18.1 Å². The van der Waals surface area contributed by atoms with Crippen LogP contribution in [0.1, 0.15) is 59.4 Å². The van der Waals surface area contributed by atoms with Crippen molar-refractivity contribution in [1.82, 2.24) is 26.6 Å². The molecule has 0 aromatic heterocycles. The van der Waals surface area contributed by atoms with Crippen LogP contribution in [0.5, 0.6) is 5.75 Å². The Bertz CT molecular complexity index is 1870. The van der Waals surface area contributed by atoms with Crippen molar-refractivity contribution >= 4 is 85.3 Å². The Morgan fingerprint density at radius 2 is 1.22 bits per heavy atom. The van der Waals surface area contributed by atoms with Crippen molar-refractivity contribution in [3.63, 3.8) is 0 Å². The van der Waals surface area contributed by atoms with E-state index in [2.05, 4.69) is 58.4 Å². The standard InChI is InChI=1S/C40H51Br2N7O10/c1-21(2)16-29-40(58)59-23(5)34(48-32(52)15-13-11-9-7-6-8-10-12-14-24-17-25(41)35(53)26(42)18-24)39(57)49-33(22(3)4)38(56)46-28(20-31(44)51)36(54)45-27(19-30(43)50)37(55)47-29/h6-15,17-18,21-23,27-29,33-34,53H,16,19-20H2,1-5H3,(H2,43,50)(H2,44,51)(H,45,54)(H,46,56)(H,47,55)(H,48,52)(H,49,57)/b7-6+,10-8+,11-9+,14-12+,15-13+/t23-,27+,28+,29+,33+,34+/m1/s1. The average Bonchev–Trinajstić information content (AvgIpc) is 3.13. The lowest BCUT2D eigenvalue weighted by atomic mass is 10.0. The molecule has 0 aliphatic carbocycles. The Labute approximate surface area is 359 Å². The third-order valence-corrected chi connectivity index (χ3v) is 9.55. The number of nitrogens with two attached hydrogens (primary N) is 2. The molecule has 10 N–H and O–H groups in total. The molecule has 1 saturated heterocycles. The summed E-state index contributed by atoms with van der Waals surface area (Å²) in [7, 11) is 0. The van der Waals surface area contributed by atoms with Crippen LogP contribution in [0.25, 0.3) is 6.08 Å². The second-order valence-corrected chi connectivity index (χ2v) is 15.9. The van der Waals surface area contributed by atoms with Gasteiger partial charge >= 0.3 is 5.97 Å². The molecule has 320 valence electrons. The van der Waals surface area contributed by atoms with Gasteiger partial charge in [-0.2, -0.15) is 0 Å². The van der Waals surface area contributed by atoms with Crippen molar-refractivity contribution in [3.05, 3.63) is 81.3 Å². The van der Waals surface area contributed by atoms with Gasteiger partial charge in [0, 0.05) is 6.08 Å². The summed E-state index contributed by atoms with van der Waals surface area (Å²) in [5, 5.41) is 22.0. The number of halogens is 2. The summed E-state index contributed by atoms with van der Waals surface area (Å²) in [6.07, 6.45) is 13.6. The molecule has 0 spiro atoms. The highest BCUT2D eigenvalue weighted by molar-refractivity contribution is 9.11. The van der Waals surface area contributed by atoms with Crippen LogP contribution in [0.15, 0.2) is 75.8 Å². The molecular formula is C40H51Br2N7O10. The second kappa shape index (κ2) is 24.4. The molecule has 0 unspecified atom stereocenters. The third-order valence-electron chi connectivity index (χ3n) is 8.34. The van der Waals surface area contributed by atoms with Gasteiger partial charge < -0.3 is 47.9 Å². The Hall–Kier alpha value is -5.56. The summed E-state index contributed by atoms with van der Waals surface area (Å²) in [5.41, 5.74) is 11.5. The van der Waals surface area contributed by atoms with Crippen molar-refractivity contribution in [2.24, 2.45) is 23.3 Å². The maximum absolute atomic E-state index is 13.8. The van der Waals surface area contributed by atoms with E-state index in [1.54, 1.807) is 76.3 Å². The molecule has 1 aliphatic rings. The predicted octanol–water partition coefficient (Wildman–Crippen LogP) is 1.98. The van der Waals surface area contributed by atoms with E-state index in [1.165, 1.54) is 13.0 Å². The Morgan fingerprint density at radius 3 is 1.71 bits per heavy atom. The zero-order chi connectivity index (χ0) is 44.4. The number of benzene rings is 1. The van der Waals surface area contributed by atoms with E-state index in [1.807, 2.05) is 12.2 Å². The van der Waals surface area contributed by atoms with E-state index in [9.17, 15) is 43.5 Å². The van der Waals surface area contributed by atoms with Crippen LogP contribution in [-0.2, 0) is 43.1 Å². The van der Waals surface area contributed by atoms with Gasteiger partial charge in [-0.1, -0.05) is 82.4 Å². The molecule has 2 rings (SSSR count). The number of primary amides is 2. The molecule has 1 heterocycles. The van der Waals surface area contributed by atoms with Crippen LogP contribution in [0.2, 0.25) is 0 Å². The van der Waals surface area contributed by atoms with E-state index in [0.29, 0.717) is 8.95 Å². The van der Waals surface area contributed by atoms with Gasteiger partial charge in [-0.05, 0) is 74.7 Å². The summed E-state index contributed by atoms with van der Waals surface area (Å²) in [4.78, 5) is 105. The topological polar surface area (TPSA) is 278 Å². The number of cyclic esters (lactones) is 1. The highest BCUT2D eigenvalue weighted by atomic mass is 79.9. The van der Waals surface area contributed by atoms with E-state index in [0.717, 1.165) is 11.6 Å². The first-order valence-corrected chi connectivity index (χ1v) is 20.1. The van der Waals surface area contributed by atoms with Crippen LogP contribution in [-0.4, -0.2) is 88.7 Å². The van der Waals surface area contributed by atoms with Crippen molar-refractivity contribution < 1.29 is 48.2 Å². The summed E-state index contributed by atoms with van der Waals surface area (Å²) in [6, 6.07) is -4.04. The molecule has 59 heavy (non-hydrogen) atoms. The van der Waals surface area contributed by atoms with Gasteiger partial charge in [0.1, 0.15) is 42.1 Å². The van der Waals surface area contributed by atoms with Crippen LogP contribution >= 0.6 is 31.9 Å². The van der Waals surface area contributed by atoms with Gasteiger partial charge in [-0.15, -0.1) is 0 Å². The van der Waals surface area contributed by atoms with Crippen LogP contribution in [0.4, 0.5) is 0 Å². The quantitative estimate of drug-likeness (QED) is 0.0763. The molecule has 17 nitrogen and oxygen atoms in total. The first-order valence-electron chi connectivity index (χ1n) is 18.5. The Balaban J connectivity index is 2.37. The number of carbonyl (C=O) groups excluding carboxylic acids is 8. The predicted molar refractivity (Wildman–Crippen MR) is 226 cm³/mol.